The number of hydrogen-bond acceptors (Lipinski definition) is 2. The van der Waals surface area contributed by atoms with E-state index in [0.29, 0.717) is 6.54 Å². The standard InChI is InChI=1S/C11H19NO2/c1-3-5-6-7-9-12(8-4-2)10-11(13)14/h2H,3,5-10H2,1H3,(H,13,14). The highest BCUT2D eigenvalue weighted by molar-refractivity contribution is 5.69. The summed E-state index contributed by atoms with van der Waals surface area (Å²) in [5.41, 5.74) is 0. The molecule has 0 radical (unpaired) electrons. The van der Waals surface area contributed by atoms with Crippen molar-refractivity contribution >= 4 is 5.97 Å². The van der Waals surface area contributed by atoms with Crippen molar-refractivity contribution in [3.05, 3.63) is 0 Å². The zero-order valence-corrected chi connectivity index (χ0v) is 8.83. The molecule has 3 nitrogen and oxygen atoms in total. The number of nitrogens with zero attached hydrogens (tertiary/aromatic N) is 1. The Morgan fingerprint density at radius 1 is 1.43 bits per heavy atom. The first-order chi connectivity index (χ1) is 6.70. The van der Waals surface area contributed by atoms with Gasteiger partial charge in [0.2, 0.25) is 0 Å². The van der Waals surface area contributed by atoms with Crippen LogP contribution in [0.25, 0.3) is 0 Å². The average Bonchev–Trinajstić information content (AvgIpc) is 2.12. The number of terminal acetylenes is 1. The third-order valence-electron chi connectivity index (χ3n) is 2.00. The SMILES string of the molecule is C#CCN(CCCCCC)CC(=O)O. The largest absolute Gasteiger partial charge is 0.480 e. The summed E-state index contributed by atoms with van der Waals surface area (Å²) in [5.74, 6) is 1.67. The molecule has 0 aromatic carbocycles. The van der Waals surface area contributed by atoms with Crippen molar-refractivity contribution in [3.63, 3.8) is 0 Å². The average molecular weight is 197 g/mol. The van der Waals surface area contributed by atoms with Crippen molar-refractivity contribution in [2.24, 2.45) is 0 Å². The van der Waals surface area contributed by atoms with Gasteiger partial charge in [-0.15, -0.1) is 6.42 Å². The van der Waals surface area contributed by atoms with Crippen LogP contribution in [0.15, 0.2) is 0 Å². The van der Waals surface area contributed by atoms with Crippen molar-refractivity contribution < 1.29 is 9.90 Å². The molecule has 1 N–H and O–H groups in total. The Balaban J connectivity index is 3.63. The van der Waals surface area contributed by atoms with Gasteiger partial charge in [0.1, 0.15) is 0 Å². The van der Waals surface area contributed by atoms with E-state index < -0.39 is 5.97 Å². The van der Waals surface area contributed by atoms with Gasteiger partial charge in [0.25, 0.3) is 0 Å². The lowest BCUT2D eigenvalue weighted by Gasteiger charge is -2.16. The Labute approximate surface area is 86.1 Å². The highest BCUT2D eigenvalue weighted by Crippen LogP contribution is 2.00. The number of carbonyl (C=O) groups is 1. The van der Waals surface area contributed by atoms with Crippen molar-refractivity contribution in [2.45, 2.75) is 32.6 Å². The van der Waals surface area contributed by atoms with E-state index in [1.165, 1.54) is 12.8 Å². The molecule has 0 aliphatic rings. The van der Waals surface area contributed by atoms with Gasteiger partial charge in [-0.3, -0.25) is 9.69 Å². The Morgan fingerprint density at radius 3 is 2.64 bits per heavy atom. The van der Waals surface area contributed by atoms with Crippen LogP contribution in [0.4, 0.5) is 0 Å². The predicted octanol–water partition coefficient (Wildman–Crippen LogP) is 1.59. The van der Waals surface area contributed by atoms with Crippen molar-refractivity contribution in [1.82, 2.24) is 4.90 Å². The molecule has 0 rings (SSSR count). The highest BCUT2D eigenvalue weighted by atomic mass is 16.4. The van der Waals surface area contributed by atoms with Crippen LogP contribution < -0.4 is 0 Å². The Bertz CT molecular complexity index is 196. The first kappa shape index (κ1) is 13.0. The second-order valence-corrected chi connectivity index (χ2v) is 3.37. The molecule has 3 heteroatoms. The van der Waals surface area contributed by atoms with E-state index in [2.05, 4.69) is 12.8 Å². The van der Waals surface area contributed by atoms with Crippen molar-refractivity contribution in [1.29, 1.82) is 0 Å². The smallest absolute Gasteiger partial charge is 0.317 e. The molecule has 0 aromatic rings. The summed E-state index contributed by atoms with van der Waals surface area (Å²) in [6.07, 6.45) is 9.73. The van der Waals surface area contributed by atoms with Crippen molar-refractivity contribution in [3.8, 4) is 12.3 Å². The van der Waals surface area contributed by atoms with Crippen LogP contribution in [0.5, 0.6) is 0 Å². The fraction of sp³-hybridized carbons (Fsp3) is 0.727. The van der Waals surface area contributed by atoms with Crippen LogP contribution in [0.1, 0.15) is 32.6 Å². The summed E-state index contributed by atoms with van der Waals surface area (Å²) in [7, 11) is 0. The molecule has 0 saturated heterocycles. The first-order valence-corrected chi connectivity index (χ1v) is 5.08. The van der Waals surface area contributed by atoms with Gasteiger partial charge in [-0.25, -0.2) is 0 Å². The third-order valence-corrected chi connectivity index (χ3v) is 2.00. The van der Waals surface area contributed by atoms with E-state index in [9.17, 15) is 4.79 Å². The van der Waals surface area contributed by atoms with Gasteiger partial charge < -0.3 is 5.11 Å². The summed E-state index contributed by atoms with van der Waals surface area (Å²) >= 11 is 0. The predicted molar refractivity (Wildman–Crippen MR) is 57.1 cm³/mol. The zero-order valence-electron chi connectivity index (χ0n) is 8.83. The molecule has 0 saturated carbocycles. The first-order valence-electron chi connectivity index (χ1n) is 5.08. The molecule has 0 spiro atoms. The van der Waals surface area contributed by atoms with Crippen LogP contribution in [0, 0.1) is 12.3 Å². The molecule has 0 bridgehead atoms. The molecule has 0 aliphatic carbocycles. The van der Waals surface area contributed by atoms with E-state index in [0.717, 1.165) is 19.4 Å². The molecular formula is C11H19NO2. The fourth-order valence-corrected chi connectivity index (χ4v) is 1.30. The van der Waals surface area contributed by atoms with E-state index in [-0.39, 0.29) is 6.54 Å². The molecule has 0 aliphatic heterocycles. The maximum absolute atomic E-state index is 10.5. The Hall–Kier alpha value is -1.01. The molecule has 0 heterocycles. The quantitative estimate of drug-likeness (QED) is 0.474. The monoisotopic (exact) mass is 197 g/mol. The molecule has 14 heavy (non-hydrogen) atoms. The topological polar surface area (TPSA) is 40.5 Å². The van der Waals surface area contributed by atoms with Gasteiger partial charge in [-0.2, -0.15) is 0 Å². The lowest BCUT2D eigenvalue weighted by atomic mass is 10.2. The van der Waals surface area contributed by atoms with Crippen LogP contribution in [0.3, 0.4) is 0 Å². The van der Waals surface area contributed by atoms with E-state index in [1.54, 1.807) is 4.90 Å². The van der Waals surface area contributed by atoms with Crippen molar-refractivity contribution in [2.75, 3.05) is 19.6 Å². The summed E-state index contributed by atoms with van der Waals surface area (Å²) in [4.78, 5) is 12.3. The Morgan fingerprint density at radius 2 is 2.14 bits per heavy atom. The number of carboxylic acid groups (broad SMARTS) is 1. The molecule has 0 aromatic heterocycles. The second kappa shape index (κ2) is 8.58. The maximum Gasteiger partial charge on any atom is 0.317 e. The summed E-state index contributed by atoms with van der Waals surface area (Å²) in [5, 5.41) is 8.60. The normalized spacial score (nSPS) is 10.1. The summed E-state index contributed by atoms with van der Waals surface area (Å²) in [6.45, 7) is 3.42. The van der Waals surface area contributed by atoms with Gasteiger partial charge in [-0.05, 0) is 13.0 Å². The van der Waals surface area contributed by atoms with Gasteiger partial charge >= 0.3 is 5.97 Å². The second-order valence-electron chi connectivity index (χ2n) is 3.37. The third kappa shape index (κ3) is 7.63. The van der Waals surface area contributed by atoms with Crippen LogP contribution in [-0.4, -0.2) is 35.6 Å². The minimum Gasteiger partial charge on any atom is -0.480 e. The van der Waals surface area contributed by atoms with Crippen LogP contribution in [-0.2, 0) is 4.79 Å². The number of hydrogen-bond donors (Lipinski definition) is 1. The maximum atomic E-state index is 10.5. The molecular weight excluding hydrogens is 178 g/mol. The van der Waals surface area contributed by atoms with Gasteiger partial charge in [0, 0.05) is 0 Å². The van der Waals surface area contributed by atoms with Gasteiger partial charge in [0.15, 0.2) is 0 Å². The van der Waals surface area contributed by atoms with E-state index >= 15 is 0 Å². The zero-order chi connectivity index (χ0) is 10.8. The molecule has 80 valence electrons. The number of unbranched alkanes of at least 4 members (excludes halogenated alkanes) is 3. The molecule has 0 fully saturated rings. The summed E-state index contributed by atoms with van der Waals surface area (Å²) in [6, 6.07) is 0. The van der Waals surface area contributed by atoms with Gasteiger partial charge in [0.05, 0.1) is 13.1 Å². The molecule has 0 amide bonds. The lowest BCUT2D eigenvalue weighted by molar-refractivity contribution is -0.138. The molecule has 0 unspecified atom stereocenters. The van der Waals surface area contributed by atoms with Crippen LogP contribution >= 0.6 is 0 Å². The van der Waals surface area contributed by atoms with E-state index in [1.807, 2.05) is 0 Å². The lowest BCUT2D eigenvalue weighted by Crippen LogP contribution is -2.31. The number of carboxylic acids is 1. The Kier molecular flexibility index (Phi) is 7.96. The molecule has 0 atom stereocenters. The minimum atomic E-state index is -0.809. The minimum absolute atomic E-state index is 0.0519. The fourth-order valence-electron chi connectivity index (χ4n) is 1.30. The summed E-state index contributed by atoms with van der Waals surface area (Å²) < 4.78 is 0. The van der Waals surface area contributed by atoms with Gasteiger partial charge in [-0.1, -0.05) is 32.1 Å². The highest BCUT2D eigenvalue weighted by Gasteiger charge is 2.06. The van der Waals surface area contributed by atoms with E-state index in [4.69, 9.17) is 11.5 Å². The van der Waals surface area contributed by atoms with Crippen LogP contribution in [0.2, 0.25) is 0 Å². The number of aliphatic carboxylic acids is 1. The number of rotatable bonds is 8.